The van der Waals surface area contributed by atoms with Crippen LogP contribution in [0.1, 0.15) is 25.3 Å². The van der Waals surface area contributed by atoms with E-state index in [4.69, 9.17) is 4.74 Å². The fourth-order valence-electron chi connectivity index (χ4n) is 3.72. The number of ether oxygens (including phenoxy) is 1. The first-order valence-electron chi connectivity index (χ1n) is 11.1. The quantitative estimate of drug-likeness (QED) is 0.331. The van der Waals surface area contributed by atoms with Crippen molar-refractivity contribution in [1.82, 2.24) is 20.5 Å². The van der Waals surface area contributed by atoms with Crippen molar-refractivity contribution in [2.24, 2.45) is 0 Å². The van der Waals surface area contributed by atoms with E-state index >= 15 is 0 Å². The third-order valence-electron chi connectivity index (χ3n) is 5.47. The van der Waals surface area contributed by atoms with Crippen LogP contribution < -0.4 is 10.2 Å². The number of nitrogens with one attached hydrogen (secondary N) is 2. The fourth-order valence-corrected chi connectivity index (χ4v) is 4.50. The molecule has 8 nitrogen and oxygen atoms in total. The van der Waals surface area contributed by atoms with Gasteiger partial charge in [0.25, 0.3) is 0 Å². The number of amides is 2. The molecule has 0 bridgehead atoms. The molecular weight excluding hydrogens is 457 g/mol. The van der Waals surface area contributed by atoms with Crippen LogP contribution in [0.2, 0.25) is 0 Å². The summed E-state index contributed by atoms with van der Waals surface area (Å²) in [5, 5.41) is 10.1. The summed E-state index contributed by atoms with van der Waals surface area (Å²) in [6.07, 6.45) is 3.56. The monoisotopic (exact) mass is 483 g/mol. The van der Waals surface area contributed by atoms with Gasteiger partial charge in [0.15, 0.2) is 5.16 Å². The molecule has 1 atom stereocenters. The number of thioether (sulfide) groups is 1. The number of hydrogen-bond donors (Lipinski definition) is 2. The molecule has 2 aromatic carbocycles. The highest BCUT2D eigenvalue weighted by molar-refractivity contribution is 7.99. The van der Waals surface area contributed by atoms with E-state index in [-0.39, 0.29) is 19.0 Å². The van der Waals surface area contributed by atoms with Gasteiger partial charge >= 0.3 is 6.09 Å². The first-order chi connectivity index (χ1) is 16.5. The number of anilines is 1. The van der Waals surface area contributed by atoms with Gasteiger partial charge in [-0.15, -0.1) is 0 Å². The van der Waals surface area contributed by atoms with Crippen LogP contribution in [-0.2, 0) is 16.0 Å². The molecule has 1 saturated heterocycles. The number of carbonyl (C=O) groups is 2. The number of carbonyl (C=O) groups excluding carboxylic acids is 2. The number of aryl methyl sites for hydroxylation is 1. The summed E-state index contributed by atoms with van der Waals surface area (Å²) in [7, 11) is 0. The Morgan fingerprint density at radius 2 is 2.09 bits per heavy atom. The third kappa shape index (κ3) is 6.13. The lowest BCUT2D eigenvalue weighted by Crippen LogP contribution is -2.33. The lowest BCUT2D eigenvalue weighted by molar-refractivity contribution is -0.119. The molecule has 0 radical (unpaired) electrons. The van der Waals surface area contributed by atoms with Crippen LogP contribution in [0.5, 0.6) is 0 Å². The van der Waals surface area contributed by atoms with Crippen LogP contribution in [-0.4, -0.2) is 52.1 Å². The average Bonchev–Trinajstić information content (AvgIpc) is 3.47. The number of aromatic amines is 1. The molecule has 34 heavy (non-hydrogen) atoms. The second-order valence-corrected chi connectivity index (χ2v) is 9.09. The molecule has 1 aliphatic heterocycles. The molecule has 178 valence electrons. The number of benzene rings is 2. The van der Waals surface area contributed by atoms with Gasteiger partial charge in [0.05, 0.1) is 18.8 Å². The normalized spacial score (nSPS) is 15.4. The van der Waals surface area contributed by atoms with Crippen LogP contribution >= 0.6 is 11.8 Å². The Morgan fingerprint density at radius 1 is 1.26 bits per heavy atom. The van der Waals surface area contributed by atoms with E-state index in [1.165, 1.54) is 29.8 Å². The smallest absolute Gasteiger partial charge is 0.414 e. The van der Waals surface area contributed by atoms with Crippen molar-refractivity contribution < 1.29 is 18.7 Å². The Kier molecular flexibility index (Phi) is 7.79. The molecule has 0 unspecified atom stereocenters. The Labute approximate surface area is 201 Å². The predicted molar refractivity (Wildman–Crippen MR) is 128 cm³/mol. The minimum Gasteiger partial charge on any atom is -0.442 e. The molecule has 2 heterocycles. The van der Waals surface area contributed by atoms with E-state index in [1.807, 2.05) is 24.3 Å². The number of hydrogen-bond acceptors (Lipinski definition) is 6. The van der Waals surface area contributed by atoms with Crippen LogP contribution in [0, 0.1) is 5.82 Å². The average molecular weight is 484 g/mol. The maximum atomic E-state index is 14.9. The molecule has 1 aromatic heterocycles. The van der Waals surface area contributed by atoms with E-state index in [0.29, 0.717) is 11.3 Å². The largest absolute Gasteiger partial charge is 0.442 e. The summed E-state index contributed by atoms with van der Waals surface area (Å²) in [4.78, 5) is 28.7. The van der Waals surface area contributed by atoms with E-state index in [9.17, 15) is 14.0 Å². The van der Waals surface area contributed by atoms with E-state index in [0.717, 1.165) is 35.7 Å². The van der Waals surface area contributed by atoms with Crippen molar-refractivity contribution in [1.29, 1.82) is 0 Å². The molecule has 0 spiro atoms. The van der Waals surface area contributed by atoms with Gasteiger partial charge in [-0.25, -0.2) is 14.2 Å². The molecule has 0 saturated carbocycles. The number of unbranched alkanes of at least 4 members (excludes halogenated alkanes) is 1. The molecule has 1 aliphatic rings. The van der Waals surface area contributed by atoms with Gasteiger partial charge in [-0.2, -0.15) is 5.10 Å². The second kappa shape index (κ2) is 11.1. The van der Waals surface area contributed by atoms with Crippen molar-refractivity contribution >= 4 is 29.4 Å². The highest BCUT2D eigenvalue weighted by atomic mass is 32.2. The Bertz CT molecular complexity index is 1120. The standard InChI is InChI=1S/C24H26FN5O3S/c1-16(31)26-13-20-14-30(24(32)33-20)19-9-10-21(22(25)12-19)18-7-5-17(6-8-18)4-2-3-11-34-23-27-15-28-29-23/h5-10,12,15,20H,2-4,11,13-14H2,1H3,(H,26,31)(H,27,28,29)/t20-/m0/s1. The summed E-state index contributed by atoms with van der Waals surface area (Å²) in [6.45, 7) is 1.88. The lowest BCUT2D eigenvalue weighted by atomic mass is 10.0. The third-order valence-corrected chi connectivity index (χ3v) is 6.44. The molecular formula is C24H26FN5O3S. The summed E-state index contributed by atoms with van der Waals surface area (Å²) < 4.78 is 20.2. The van der Waals surface area contributed by atoms with E-state index < -0.39 is 18.0 Å². The van der Waals surface area contributed by atoms with E-state index in [2.05, 4.69) is 20.5 Å². The van der Waals surface area contributed by atoms with Gasteiger partial charge in [-0.1, -0.05) is 36.0 Å². The zero-order valence-corrected chi connectivity index (χ0v) is 19.6. The van der Waals surface area contributed by atoms with Crippen LogP contribution in [0.15, 0.2) is 53.9 Å². The molecule has 1 fully saturated rings. The summed E-state index contributed by atoms with van der Waals surface area (Å²) in [5.74, 6) is 0.370. The maximum absolute atomic E-state index is 14.9. The number of halogens is 1. The van der Waals surface area contributed by atoms with Crippen molar-refractivity contribution in [2.75, 3.05) is 23.7 Å². The van der Waals surface area contributed by atoms with Crippen LogP contribution in [0.4, 0.5) is 14.9 Å². The zero-order valence-electron chi connectivity index (χ0n) is 18.8. The Morgan fingerprint density at radius 3 is 2.79 bits per heavy atom. The highest BCUT2D eigenvalue weighted by Crippen LogP contribution is 2.29. The van der Waals surface area contributed by atoms with E-state index in [1.54, 1.807) is 23.9 Å². The molecule has 4 rings (SSSR count). The lowest BCUT2D eigenvalue weighted by Gasteiger charge is -2.14. The fraction of sp³-hybridized carbons (Fsp3) is 0.333. The second-order valence-electron chi connectivity index (χ2n) is 8.01. The number of cyclic esters (lactones) is 1. The van der Waals surface area contributed by atoms with Crippen molar-refractivity contribution in [3.63, 3.8) is 0 Å². The van der Waals surface area contributed by atoms with Gasteiger partial charge in [-0.3, -0.25) is 14.8 Å². The molecule has 0 aliphatic carbocycles. The number of H-pyrrole nitrogens is 1. The number of nitrogens with zero attached hydrogens (tertiary/aromatic N) is 3. The van der Waals surface area contributed by atoms with Gasteiger partial charge in [0.1, 0.15) is 18.2 Å². The first-order valence-corrected chi connectivity index (χ1v) is 12.1. The van der Waals surface area contributed by atoms with Crippen molar-refractivity contribution in [2.45, 2.75) is 37.4 Å². The highest BCUT2D eigenvalue weighted by Gasteiger charge is 2.32. The van der Waals surface area contributed by atoms with Crippen molar-refractivity contribution in [3.8, 4) is 11.1 Å². The predicted octanol–water partition coefficient (Wildman–Crippen LogP) is 4.19. The molecule has 2 amide bonds. The van der Waals surface area contributed by atoms with Gasteiger partial charge in [0, 0.05) is 18.2 Å². The summed E-state index contributed by atoms with van der Waals surface area (Å²) in [5.41, 5.74) is 2.88. The Balaban J connectivity index is 1.31. The molecule has 2 N–H and O–H groups in total. The van der Waals surface area contributed by atoms with Crippen LogP contribution in [0.3, 0.4) is 0 Å². The van der Waals surface area contributed by atoms with Gasteiger partial charge < -0.3 is 10.1 Å². The molecule has 10 heteroatoms. The summed E-state index contributed by atoms with van der Waals surface area (Å²) >= 11 is 1.66. The number of aromatic nitrogens is 3. The van der Waals surface area contributed by atoms with Gasteiger partial charge in [-0.05, 0) is 48.6 Å². The summed E-state index contributed by atoms with van der Waals surface area (Å²) in [6, 6.07) is 12.6. The SMILES string of the molecule is CC(=O)NC[C@H]1CN(c2ccc(-c3ccc(CCCCSc4ncn[nH]4)cc3)c(F)c2)C(=O)O1. The Hall–Kier alpha value is -3.40. The topological polar surface area (TPSA) is 100 Å². The van der Waals surface area contributed by atoms with Crippen molar-refractivity contribution in [3.05, 3.63) is 60.2 Å². The minimum atomic E-state index is -0.550. The molecule has 3 aromatic rings. The maximum Gasteiger partial charge on any atom is 0.414 e. The van der Waals surface area contributed by atoms with Crippen LogP contribution in [0.25, 0.3) is 11.1 Å². The zero-order chi connectivity index (χ0) is 23.9. The number of rotatable bonds is 10. The van der Waals surface area contributed by atoms with Gasteiger partial charge in [0.2, 0.25) is 5.91 Å². The minimum absolute atomic E-state index is 0.197. The first kappa shape index (κ1) is 23.7.